The molecule has 10 heteroatoms. The van der Waals surface area contributed by atoms with Crippen molar-refractivity contribution < 1.29 is 18.0 Å². The summed E-state index contributed by atoms with van der Waals surface area (Å²) in [5, 5.41) is 0. The van der Waals surface area contributed by atoms with Gasteiger partial charge in [0.15, 0.2) is 17.2 Å². The lowest BCUT2D eigenvalue weighted by Crippen LogP contribution is -2.21. The Morgan fingerprint density at radius 2 is 1.66 bits per heavy atom. The quantitative estimate of drug-likeness (QED) is 0.572. The van der Waals surface area contributed by atoms with Gasteiger partial charge in [-0.15, -0.1) is 0 Å². The van der Waals surface area contributed by atoms with Crippen molar-refractivity contribution in [2.45, 2.75) is 0 Å². The van der Waals surface area contributed by atoms with E-state index in [1.165, 1.54) is 19.2 Å². The van der Waals surface area contributed by atoms with Crippen molar-refractivity contribution in [3.63, 3.8) is 0 Å². The van der Waals surface area contributed by atoms with Crippen molar-refractivity contribution in [3.05, 3.63) is 76.1 Å². The SMILES string of the molecule is Cn1c(=O)n(-c2ccc(F)cc2)c2nc(-c3cc(F)ccc3F)nc(C(N)=O)c21. The number of aryl methyl sites for hydroxylation is 1. The molecule has 0 atom stereocenters. The molecule has 2 heterocycles. The van der Waals surface area contributed by atoms with Crippen LogP contribution in [0.15, 0.2) is 47.3 Å². The first-order valence-corrected chi connectivity index (χ1v) is 8.28. The highest BCUT2D eigenvalue weighted by Crippen LogP contribution is 2.25. The highest BCUT2D eigenvalue weighted by Gasteiger charge is 2.23. The summed E-state index contributed by atoms with van der Waals surface area (Å²) in [6, 6.07) is 7.64. The second-order valence-corrected chi connectivity index (χ2v) is 6.21. The number of amides is 1. The summed E-state index contributed by atoms with van der Waals surface area (Å²) in [5.41, 5.74) is 4.35. The second-order valence-electron chi connectivity index (χ2n) is 6.21. The van der Waals surface area contributed by atoms with Crippen molar-refractivity contribution in [1.82, 2.24) is 19.1 Å². The fraction of sp³-hybridized carbons (Fsp3) is 0.0526. The maximum absolute atomic E-state index is 14.3. The van der Waals surface area contributed by atoms with Crippen LogP contribution >= 0.6 is 0 Å². The third-order valence-corrected chi connectivity index (χ3v) is 4.38. The van der Waals surface area contributed by atoms with Gasteiger partial charge in [-0.25, -0.2) is 32.5 Å². The summed E-state index contributed by atoms with van der Waals surface area (Å²) < 4.78 is 43.4. The van der Waals surface area contributed by atoms with Crippen LogP contribution in [0, 0.1) is 17.5 Å². The van der Waals surface area contributed by atoms with Crippen molar-refractivity contribution in [2.24, 2.45) is 12.8 Å². The maximum atomic E-state index is 14.3. The van der Waals surface area contributed by atoms with E-state index in [1.807, 2.05) is 0 Å². The van der Waals surface area contributed by atoms with Crippen LogP contribution in [0.5, 0.6) is 0 Å². The zero-order chi connectivity index (χ0) is 20.9. The number of imidazole rings is 1. The molecule has 1 amide bonds. The second kappa shape index (κ2) is 6.59. The average molecular weight is 399 g/mol. The van der Waals surface area contributed by atoms with Gasteiger partial charge in [-0.2, -0.15) is 0 Å². The van der Waals surface area contributed by atoms with Crippen molar-refractivity contribution >= 4 is 17.1 Å². The van der Waals surface area contributed by atoms with E-state index >= 15 is 0 Å². The molecule has 146 valence electrons. The van der Waals surface area contributed by atoms with E-state index in [0.29, 0.717) is 0 Å². The molecule has 0 aliphatic rings. The molecule has 4 aromatic rings. The van der Waals surface area contributed by atoms with Crippen LogP contribution in [0.4, 0.5) is 13.2 Å². The topological polar surface area (TPSA) is 95.8 Å². The van der Waals surface area contributed by atoms with Gasteiger partial charge in [0.25, 0.3) is 5.91 Å². The van der Waals surface area contributed by atoms with Crippen LogP contribution < -0.4 is 11.4 Å². The minimum atomic E-state index is -0.984. The molecule has 0 saturated heterocycles. The molecule has 2 aromatic heterocycles. The Hall–Kier alpha value is -3.95. The van der Waals surface area contributed by atoms with E-state index in [9.17, 15) is 22.8 Å². The summed E-state index contributed by atoms with van der Waals surface area (Å²) in [6.45, 7) is 0. The highest BCUT2D eigenvalue weighted by atomic mass is 19.1. The minimum Gasteiger partial charge on any atom is -0.364 e. The van der Waals surface area contributed by atoms with Crippen LogP contribution in [-0.4, -0.2) is 25.0 Å². The lowest BCUT2D eigenvalue weighted by Gasteiger charge is -2.07. The van der Waals surface area contributed by atoms with Crippen molar-refractivity contribution in [2.75, 3.05) is 0 Å². The van der Waals surface area contributed by atoms with Gasteiger partial charge in [0.05, 0.1) is 11.3 Å². The molecule has 7 nitrogen and oxygen atoms in total. The zero-order valence-corrected chi connectivity index (χ0v) is 14.9. The zero-order valence-electron chi connectivity index (χ0n) is 14.9. The number of nitrogens with two attached hydrogens (primary N) is 1. The van der Waals surface area contributed by atoms with Gasteiger partial charge < -0.3 is 5.73 Å². The summed E-state index contributed by atoms with van der Waals surface area (Å²) in [7, 11) is 1.38. The predicted octanol–water partition coefficient (Wildman–Crippen LogP) is 2.30. The Morgan fingerprint density at radius 1 is 1.00 bits per heavy atom. The van der Waals surface area contributed by atoms with Crippen LogP contribution in [0.25, 0.3) is 28.2 Å². The molecule has 0 saturated carbocycles. The monoisotopic (exact) mass is 399 g/mol. The number of aromatic nitrogens is 4. The van der Waals surface area contributed by atoms with Gasteiger partial charge >= 0.3 is 5.69 Å². The molecule has 2 aromatic carbocycles. The minimum absolute atomic E-state index is 0.00684. The van der Waals surface area contributed by atoms with Crippen LogP contribution in [-0.2, 0) is 7.05 Å². The molecule has 2 N–H and O–H groups in total. The summed E-state index contributed by atoms with van der Waals surface area (Å²) in [6.07, 6.45) is 0. The Morgan fingerprint density at radius 3 is 2.31 bits per heavy atom. The van der Waals surface area contributed by atoms with Crippen molar-refractivity contribution in [3.8, 4) is 17.1 Å². The smallest absolute Gasteiger partial charge is 0.334 e. The van der Waals surface area contributed by atoms with Gasteiger partial charge in [0.2, 0.25) is 0 Å². The number of carbonyl (C=O) groups excluding carboxylic acids is 1. The Kier molecular flexibility index (Phi) is 4.18. The molecule has 0 unspecified atom stereocenters. The normalized spacial score (nSPS) is 11.2. The van der Waals surface area contributed by atoms with Gasteiger partial charge in [0, 0.05) is 7.05 Å². The predicted molar refractivity (Wildman–Crippen MR) is 97.9 cm³/mol. The Labute approximate surface area is 160 Å². The number of hydrogen-bond acceptors (Lipinski definition) is 4. The third kappa shape index (κ3) is 2.94. The lowest BCUT2D eigenvalue weighted by atomic mass is 10.2. The molecule has 4 rings (SSSR count). The molecule has 0 bridgehead atoms. The van der Waals surface area contributed by atoms with E-state index in [4.69, 9.17) is 5.73 Å². The first-order chi connectivity index (χ1) is 13.8. The molecule has 0 fully saturated rings. The number of carbonyl (C=O) groups is 1. The largest absolute Gasteiger partial charge is 0.364 e. The van der Waals surface area contributed by atoms with Crippen molar-refractivity contribution in [1.29, 1.82) is 0 Å². The molecule has 0 spiro atoms. The average Bonchev–Trinajstić information content (AvgIpc) is 2.94. The van der Waals surface area contributed by atoms with Gasteiger partial charge in [0.1, 0.15) is 23.0 Å². The molecular formula is C19H12F3N5O2. The molecule has 0 aliphatic heterocycles. The highest BCUT2D eigenvalue weighted by molar-refractivity contribution is 6.02. The Balaban J connectivity index is 2.13. The first kappa shape index (κ1) is 18.4. The summed E-state index contributed by atoms with van der Waals surface area (Å²) >= 11 is 0. The third-order valence-electron chi connectivity index (χ3n) is 4.38. The number of nitrogens with zero attached hydrogens (tertiary/aromatic N) is 4. The molecule has 0 aliphatic carbocycles. The number of fused-ring (bicyclic) bond motifs is 1. The van der Waals surface area contributed by atoms with E-state index in [1.54, 1.807) is 0 Å². The first-order valence-electron chi connectivity index (χ1n) is 8.28. The van der Waals surface area contributed by atoms with Crippen LogP contribution in [0.1, 0.15) is 10.5 Å². The standard InChI is InChI=1S/C19H12F3N5O2/c1-26-15-14(16(23)28)24-17(12-8-10(21)4-7-13(12)22)25-18(15)27(19(26)29)11-5-2-9(20)3-6-11/h2-8H,1H3,(H2,23,28). The number of rotatable bonds is 3. The van der Waals surface area contributed by atoms with Crippen LogP contribution in [0.2, 0.25) is 0 Å². The van der Waals surface area contributed by atoms with E-state index in [0.717, 1.165) is 39.5 Å². The van der Waals surface area contributed by atoms with Gasteiger partial charge in [-0.05, 0) is 42.5 Å². The Bertz CT molecular complexity index is 1340. The van der Waals surface area contributed by atoms with Crippen LogP contribution in [0.3, 0.4) is 0 Å². The molecular weight excluding hydrogens is 387 g/mol. The summed E-state index contributed by atoms with van der Waals surface area (Å²) in [5.74, 6) is -3.40. The maximum Gasteiger partial charge on any atom is 0.334 e. The van der Waals surface area contributed by atoms with E-state index in [2.05, 4.69) is 9.97 Å². The fourth-order valence-corrected chi connectivity index (χ4v) is 3.03. The summed E-state index contributed by atoms with van der Waals surface area (Å²) in [4.78, 5) is 33.0. The number of halogens is 3. The number of primary amides is 1. The number of hydrogen-bond donors (Lipinski definition) is 1. The van der Waals surface area contributed by atoms with E-state index in [-0.39, 0.29) is 33.9 Å². The lowest BCUT2D eigenvalue weighted by molar-refractivity contribution is 0.0997. The van der Waals surface area contributed by atoms with E-state index < -0.39 is 29.0 Å². The fourth-order valence-electron chi connectivity index (χ4n) is 3.03. The molecule has 29 heavy (non-hydrogen) atoms. The van der Waals surface area contributed by atoms with Gasteiger partial charge in [-0.3, -0.25) is 9.36 Å². The number of benzene rings is 2. The van der Waals surface area contributed by atoms with Gasteiger partial charge in [-0.1, -0.05) is 0 Å². The molecule has 0 radical (unpaired) electrons.